The Hall–Kier alpha value is -0.480. The van der Waals surface area contributed by atoms with Crippen molar-refractivity contribution in [3.8, 4) is 12.3 Å². The Balaban J connectivity index is 3.60. The van der Waals surface area contributed by atoms with Crippen molar-refractivity contribution in [2.45, 2.75) is 58.5 Å². The van der Waals surface area contributed by atoms with Crippen molar-refractivity contribution in [3.05, 3.63) is 0 Å². The summed E-state index contributed by atoms with van der Waals surface area (Å²) in [5, 5.41) is 3.42. The summed E-state index contributed by atoms with van der Waals surface area (Å²) in [6, 6.07) is 0.822. The van der Waals surface area contributed by atoms with E-state index in [4.69, 9.17) is 6.42 Å². The fraction of sp³-hybridized carbons (Fsp3) is 0.818. The fourth-order valence-electron chi connectivity index (χ4n) is 1.26. The third-order valence-corrected chi connectivity index (χ3v) is 2.13. The van der Waals surface area contributed by atoms with Crippen molar-refractivity contribution in [1.29, 1.82) is 0 Å². The van der Waals surface area contributed by atoms with Crippen LogP contribution in [0.3, 0.4) is 0 Å². The van der Waals surface area contributed by atoms with Crippen molar-refractivity contribution in [3.63, 3.8) is 0 Å². The van der Waals surface area contributed by atoms with E-state index in [-0.39, 0.29) is 6.04 Å². The van der Waals surface area contributed by atoms with Crippen molar-refractivity contribution >= 4 is 0 Å². The zero-order chi connectivity index (χ0) is 9.40. The van der Waals surface area contributed by atoms with Crippen LogP contribution in [-0.4, -0.2) is 12.1 Å². The molecular weight excluding hydrogens is 146 g/mol. The average molecular weight is 167 g/mol. The predicted molar refractivity (Wildman–Crippen MR) is 55.0 cm³/mol. The maximum atomic E-state index is 5.29. The van der Waals surface area contributed by atoms with Gasteiger partial charge in [0.2, 0.25) is 0 Å². The first kappa shape index (κ1) is 11.5. The van der Waals surface area contributed by atoms with Gasteiger partial charge in [-0.05, 0) is 19.8 Å². The van der Waals surface area contributed by atoms with Gasteiger partial charge < -0.3 is 5.32 Å². The minimum absolute atomic E-state index is 0.215. The largest absolute Gasteiger partial charge is 0.301 e. The highest BCUT2D eigenvalue weighted by Gasteiger charge is 2.06. The summed E-state index contributed by atoms with van der Waals surface area (Å²) in [5.41, 5.74) is 0. The van der Waals surface area contributed by atoms with Gasteiger partial charge in [-0.3, -0.25) is 0 Å². The molecule has 0 rings (SSSR count). The molecule has 0 spiro atoms. The van der Waals surface area contributed by atoms with E-state index in [0.717, 1.165) is 0 Å². The van der Waals surface area contributed by atoms with Crippen LogP contribution in [-0.2, 0) is 0 Å². The van der Waals surface area contributed by atoms with Gasteiger partial charge in [0.1, 0.15) is 0 Å². The smallest absolute Gasteiger partial charge is 0.0660 e. The van der Waals surface area contributed by atoms with E-state index in [9.17, 15) is 0 Å². The van der Waals surface area contributed by atoms with Gasteiger partial charge in [-0.1, -0.05) is 32.6 Å². The van der Waals surface area contributed by atoms with Crippen LogP contribution >= 0.6 is 0 Å². The third-order valence-electron chi connectivity index (χ3n) is 2.13. The number of rotatable bonds is 6. The van der Waals surface area contributed by atoms with Gasteiger partial charge in [-0.15, -0.1) is 6.42 Å². The second kappa shape index (κ2) is 7.18. The molecule has 0 aliphatic heterocycles. The lowest BCUT2D eigenvalue weighted by molar-refractivity contribution is 0.438. The standard InChI is InChI=1S/C11H21N/c1-5-8-9-11(7-3)12-10(4)6-2/h2,10-12H,5,7-9H2,1,3-4H3. The molecule has 0 aromatic heterocycles. The van der Waals surface area contributed by atoms with Crippen LogP contribution in [0.15, 0.2) is 0 Å². The second-order valence-corrected chi connectivity index (χ2v) is 3.30. The van der Waals surface area contributed by atoms with E-state index in [2.05, 4.69) is 25.1 Å². The van der Waals surface area contributed by atoms with Gasteiger partial charge in [-0.25, -0.2) is 0 Å². The number of terminal acetylenes is 1. The number of unbranched alkanes of at least 4 members (excludes halogenated alkanes) is 1. The summed E-state index contributed by atoms with van der Waals surface area (Å²) in [5.74, 6) is 2.70. The molecule has 70 valence electrons. The van der Waals surface area contributed by atoms with Crippen molar-refractivity contribution < 1.29 is 0 Å². The van der Waals surface area contributed by atoms with Gasteiger partial charge in [0, 0.05) is 6.04 Å². The molecule has 2 atom stereocenters. The molecule has 0 heterocycles. The summed E-state index contributed by atoms with van der Waals surface area (Å²) in [4.78, 5) is 0. The quantitative estimate of drug-likeness (QED) is 0.599. The molecule has 0 aliphatic carbocycles. The van der Waals surface area contributed by atoms with E-state index >= 15 is 0 Å². The minimum atomic E-state index is 0.215. The molecule has 0 aliphatic rings. The maximum absolute atomic E-state index is 5.29. The zero-order valence-electron chi connectivity index (χ0n) is 8.56. The normalized spacial score (nSPS) is 15.2. The second-order valence-electron chi connectivity index (χ2n) is 3.30. The Morgan fingerprint density at radius 2 is 2.08 bits per heavy atom. The fourth-order valence-corrected chi connectivity index (χ4v) is 1.26. The third kappa shape index (κ3) is 5.21. The molecule has 0 aromatic carbocycles. The summed E-state index contributed by atoms with van der Waals surface area (Å²) >= 11 is 0. The molecule has 0 fully saturated rings. The summed E-state index contributed by atoms with van der Waals surface area (Å²) in [7, 11) is 0. The highest BCUT2D eigenvalue weighted by molar-refractivity contribution is 4.96. The van der Waals surface area contributed by atoms with Crippen LogP contribution in [0, 0.1) is 12.3 Å². The van der Waals surface area contributed by atoms with E-state index in [0.29, 0.717) is 6.04 Å². The first-order valence-electron chi connectivity index (χ1n) is 4.96. The number of hydrogen-bond acceptors (Lipinski definition) is 1. The molecule has 2 unspecified atom stereocenters. The van der Waals surface area contributed by atoms with Crippen molar-refractivity contribution in [2.24, 2.45) is 0 Å². The summed E-state index contributed by atoms with van der Waals surface area (Å²) in [6.07, 6.45) is 10.3. The highest BCUT2D eigenvalue weighted by Crippen LogP contribution is 2.04. The van der Waals surface area contributed by atoms with Gasteiger partial charge in [0.25, 0.3) is 0 Å². The first-order chi connectivity index (χ1) is 5.74. The van der Waals surface area contributed by atoms with Crippen molar-refractivity contribution in [2.75, 3.05) is 0 Å². The van der Waals surface area contributed by atoms with E-state index in [1.807, 2.05) is 6.92 Å². The van der Waals surface area contributed by atoms with Crippen LogP contribution in [0.4, 0.5) is 0 Å². The van der Waals surface area contributed by atoms with E-state index in [1.54, 1.807) is 0 Å². The molecule has 0 saturated carbocycles. The maximum Gasteiger partial charge on any atom is 0.0660 e. The number of hydrogen-bond donors (Lipinski definition) is 1. The minimum Gasteiger partial charge on any atom is -0.301 e. The molecular formula is C11H21N. The molecule has 0 saturated heterocycles. The predicted octanol–water partition coefficient (Wildman–Crippen LogP) is 2.57. The lowest BCUT2D eigenvalue weighted by Gasteiger charge is -2.18. The highest BCUT2D eigenvalue weighted by atomic mass is 14.9. The van der Waals surface area contributed by atoms with Crippen LogP contribution < -0.4 is 5.32 Å². The Bertz CT molecular complexity index is 134. The molecule has 0 amide bonds. The lowest BCUT2D eigenvalue weighted by Crippen LogP contribution is -2.35. The monoisotopic (exact) mass is 167 g/mol. The SMILES string of the molecule is C#CC(C)NC(CC)CCCC. The van der Waals surface area contributed by atoms with Crippen molar-refractivity contribution in [1.82, 2.24) is 5.32 Å². The zero-order valence-corrected chi connectivity index (χ0v) is 8.56. The first-order valence-corrected chi connectivity index (χ1v) is 4.96. The van der Waals surface area contributed by atoms with Gasteiger partial charge >= 0.3 is 0 Å². The molecule has 0 bridgehead atoms. The Kier molecular flexibility index (Phi) is 6.90. The van der Waals surface area contributed by atoms with Crippen LogP contribution in [0.2, 0.25) is 0 Å². The van der Waals surface area contributed by atoms with Crippen LogP contribution in [0.1, 0.15) is 46.5 Å². The molecule has 0 radical (unpaired) electrons. The molecule has 1 nitrogen and oxygen atoms in total. The average Bonchev–Trinajstić information content (AvgIpc) is 2.11. The summed E-state index contributed by atoms with van der Waals surface area (Å²) in [6.45, 7) is 6.46. The Morgan fingerprint density at radius 3 is 2.50 bits per heavy atom. The molecule has 1 heteroatoms. The molecule has 1 N–H and O–H groups in total. The topological polar surface area (TPSA) is 12.0 Å². The van der Waals surface area contributed by atoms with Gasteiger partial charge in [0.15, 0.2) is 0 Å². The molecule has 0 aromatic rings. The van der Waals surface area contributed by atoms with Gasteiger partial charge in [0.05, 0.1) is 6.04 Å². The van der Waals surface area contributed by atoms with E-state index < -0.39 is 0 Å². The number of nitrogens with one attached hydrogen (secondary N) is 1. The Labute approximate surface area is 76.9 Å². The summed E-state index contributed by atoms with van der Waals surface area (Å²) < 4.78 is 0. The van der Waals surface area contributed by atoms with Crippen LogP contribution in [0.25, 0.3) is 0 Å². The molecule has 12 heavy (non-hydrogen) atoms. The van der Waals surface area contributed by atoms with Gasteiger partial charge in [-0.2, -0.15) is 0 Å². The van der Waals surface area contributed by atoms with E-state index in [1.165, 1.54) is 25.7 Å². The Morgan fingerprint density at radius 1 is 1.42 bits per heavy atom. The lowest BCUT2D eigenvalue weighted by atomic mass is 10.1. The van der Waals surface area contributed by atoms with Crippen LogP contribution in [0.5, 0.6) is 0 Å².